The van der Waals surface area contributed by atoms with Gasteiger partial charge in [-0.05, 0) is 23.5 Å². The van der Waals surface area contributed by atoms with E-state index in [0.29, 0.717) is 6.04 Å². The van der Waals surface area contributed by atoms with Gasteiger partial charge in [-0.2, -0.15) is 0 Å². The van der Waals surface area contributed by atoms with Gasteiger partial charge in [-0.3, -0.25) is 4.79 Å². The van der Waals surface area contributed by atoms with Crippen molar-refractivity contribution in [2.24, 2.45) is 5.92 Å². The van der Waals surface area contributed by atoms with Crippen molar-refractivity contribution in [2.75, 3.05) is 0 Å². The molecular weight excluding hydrogens is 214 g/mol. The molecule has 1 aromatic carbocycles. The van der Waals surface area contributed by atoms with Gasteiger partial charge < -0.3 is 10.4 Å². The Balaban J connectivity index is 1.80. The molecule has 0 saturated heterocycles. The number of carboxylic acid groups (broad SMARTS) is 1. The molecule has 1 aliphatic carbocycles. The second kappa shape index (κ2) is 5.32. The molecule has 0 radical (unpaired) electrons. The summed E-state index contributed by atoms with van der Waals surface area (Å²) >= 11 is 0. The highest BCUT2D eigenvalue weighted by Crippen LogP contribution is 2.33. The topological polar surface area (TPSA) is 49.3 Å². The lowest BCUT2D eigenvalue weighted by Crippen LogP contribution is -2.17. The SMILES string of the molecule is CCC1CC1NCc1ccc(CC(=O)O)cc1. The Labute approximate surface area is 102 Å². The van der Waals surface area contributed by atoms with Crippen LogP contribution < -0.4 is 5.32 Å². The zero-order valence-corrected chi connectivity index (χ0v) is 10.1. The molecule has 1 saturated carbocycles. The minimum Gasteiger partial charge on any atom is -0.481 e. The van der Waals surface area contributed by atoms with Crippen LogP contribution in [0.15, 0.2) is 24.3 Å². The Morgan fingerprint density at radius 1 is 1.35 bits per heavy atom. The molecule has 3 heteroatoms. The third-order valence-corrected chi connectivity index (χ3v) is 3.39. The summed E-state index contributed by atoms with van der Waals surface area (Å²) in [5, 5.41) is 12.2. The molecular formula is C14H19NO2. The van der Waals surface area contributed by atoms with E-state index in [2.05, 4.69) is 12.2 Å². The van der Waals surface area contributed by atoms with Crippen molar-refractivity contribution in [1.29, 1.82) is 0 Å². The first-order valence-corrected chi connectivity index (χ1v) is 6.22. The predicted octanol–water partition coefficient (Wildman–Crippen LogP) is 2.20. The molecule has 2 atom stereocenters. The van der Waals surface area contributed by atoms with Crippen LogP contribution in [0, 0.1) is 5.92 Å². The maximum atomic E-state index is 10.5. The summed E-state index contributed by atoms with van der Waals surface area (Å²) < 4.78 is 0. The largest absolute Gasteiger partial charge is 0.481 e. The van der Waals surface area contributed by atoms with Gasteiger partial charge in [0.2, 0.25) is 0 Å². The number of hydrogen-bond donors (Lipinski definition) is 2. The molecule has 1 fully saturated rings. The molecule has 0 spiro atoms. The molecule has 92 valence electrons. The van der Waals surface area contributed by atoms with E-state index in [4.69, 9.17) is 5.11 Å². The Hall–Kier alpha value is -1.35. The maximum Gasteiger partial charge on any atom is 0.307 e. The van der Waals surface area contributed by atoms with Crippen molar-refractivity contribution in [3.05, 3.63) is 35.4 Å². The van der Waals surface area contributed by atoms with Crippen LogP contribution >= 0.6 is 0 Å². The van der Waals surface area contributed by atoms with Crippen molar-refractivity contribution < 1.29 is 9.90 Å². The third-order valence-electron chi connectivity index (χ3n) is 3.39. The second-order valence-electron chi connectivity index (χ2n) is 4.78. The monoisotopic (exact) mass is 233 g/mol. The van der Waals surface area contributed by atoms with Crippen LogP contribution in [0.4, 0.5) is 0 Å². The van der Waals surface area contributed by atoms with Gasteiger partial charge in [0, 0.05) is 12.6 Å². The molecule has 0 amide bonds. The first kappa shape index (κ1) is 12.1. The predicted molar refractivity (Wildman–Crippen MR) is 66.8 cm³/mol. The average Bonchev–Trinajstić information content (AvgIpc) is 3.06. The fourth-order valence-electron chi connectivity index (χ4n) is 2.15. The summed E-state index contributed by atoms with van der Waals surface area (Å²) in [6.07, 6.45) is 2.66. The second-order valence-corrected chi connectivity index (χ2v) is 4.78. The standard InChI is InChI=1S/C14H19NO2/c1-2-12-8-13(12)15-9-11-5-3-10(4-6-11)7-14(16)17/h3-6,12-13,15H,2,7-9H2,1H3,(H,16,17). The van der Waals surface area contributed by atoms with E-state index < -0.39 is 5.97 Å². The minimum atomic E-state index is -0.778. The van der Waals surface area contributed by atoms with Crippen molar-refractivity contribution in [1.82, 2.24) is 5.32 Å². The van der Waals surface area contributed by atoms with E-state index in [9.17, 15) is 4.79 Å². The van der Waals surface area contributed by atoms with Gasteiger partial charge >= 0.3 is 5.97 Å². The third kappa shape index (κ3) is 3.56. The number of hydrogen-bond acceptors (Lipinski definition) is 2. The summed E-state index contributed by atoms with van der Waals surface area (Å²) in [5.74, 6) is 0.0842. The van der Waals surface area contributed by atoms with Crippen LogP contribution in [0.25, 0.3) is 0 Å². The Morgan fingerprint density at radius 3 is 2.53 bits per heavy atom. The van der Waals surface area contributed by atoms with Crippen molar-refractivity contribution >= 4 is 5.97 Å². The van der Waals surface area contributed by atoms with Crippen LogP contribution in [-0.2, 0) is 17.8 Å². The number of carboxylic acids is 1. The van der Waals surface area contributed by atoms with E-state index in [1.54, 1.807) is 0 Å². The Bertz CT molecular complexity index is 386. The first-order chi connectivity index (χ1) is 8.19. The van der Waals surface area contributed by atoms with E-state index in [0.717, 1.165) is 18.0 Å². The normalized spacial score (nSPS) is 22.4. The molecule has 0 bridgehead atoms. The molecule has 0 aromatic heterocycles. The quantitative estimate of drug-likeness (QED) is 0.792. The van der Waals surface area contributed by atoms with E-state index in [1.807, 2.05) is 24.3 Å². The van der Waals surface area contributed by atoms with Gasteiger partial charge in [-0.25, -0.2) is 0 Å². The highest BCUT2D eigenvalue weighted by atomic mass is 16.4. The van der Waals surface area contributed by atoms with Gasteiger partial charge in [0.05, 0.1) is 6.42 Å². The lowest BCUT2D eigenvalue weighted by atomic mass is 10.1. The molecule has 3 nitrogen and oxygen atoms in total. The van der Waals surface area contributed by atoms with Crippen molar-refractivity contribution in [3.8, 4) is 0 Å². The van der Waals surface area contributed by atoms with Gasteiger partial charge in [0.15, 0.2) is 0 Å². The van der Waals surface area contributed by atoms with Crippen LogP contribution in [0.2, 0.25) is 0 Å². The highest BCUT2D eigenvalue weighted by Gasteiger charge is 2.34. The van der Waals surface area contributed by atoms with Gasteiger partial charge in [-0.1, -0.05) is 37.6 Å². The fraction of sp³-hybridized carbons (Fsp3) is 0.500. The molecule has 1 aromatic rings. The molecule has 1 aliphatic rings. The van der Waals surface area contributed by atoms with Crippen LogP contribution in [-0.4, -0.2) is 17.1 Å². The van der Waals surface area contributed by atoms with Gasteiger partial charge in [-0.15, -0.1) is 0 Å². The van der Waals surface area contributed by atoms with Crippen LogP contribution in [0.5, 0.6) is 0 Å². The molecule has 2 rings (SSSR count). The van der Waals surface area contributed by atoms with E-state index >= 15 is 0 Å². The zero-order chi connectivity index (χ0) is 12.3. The van der Waals surface area contributed by atoms with Gasteiger partial charge in [0.1, 0.15) is 0 Å². The molecule has 0 heterocycles. The maximum absolute atomic E-state index is 10.5. The summed E-state index contributed by atoms with van der Waals surface area (Å²) in [5.41, 5.74) is 2.08. The number of nitrogens with one attached hydrogen (secondary N) is 1. The van der Waals surface area contributed by atoms with Crippen molar-refractivity contribution in [2.45, 2.75) is 38.8 Å². The molecule has 17 heavy (non-hydrogen) atoms. The molecule has 0 aliphatic heterocycles. The smallest absolute Gasteiger partial charge is 0.307 e. The fourth-order valence-corrected chi connectivity index (χ4v) is 2.15. The number of rotatable bonds is 6. The summed E-state index contributed by atoms with van der Waals surface area (Å²) in [7, 11) is 0. The number of aliphatic carboxylic acids is 1. The zero-order valence-electron chi connectivity index (χ0n) is 10.1. The lowest BCUT2D eigenvalue weighted by Gasteiger charge is -2.05. The Kier molecular flexibility index (Phi) is 3.79. The lowest BCUT2D eigenvalue weighted by molar-refractivity contribution is -0.136. The Morgan fingerprint density at radius 2 is 2.00 bits per heavy atom. The molecule has 2 N–H and O–H groups in total. The van der Waals surface area contributed by atoms with Crippen LogP contribution in [0.1, 0.15) is 30.9 Å². The summed E-state index contributed by atoms with van der Waals surface area (Å²) in [4.78, 5) is 10.5. The van der Waals surface area contributed by atoms with Crippen molar-refractivity contribution in [3.63, 3.8) is 0 Å². The van der Waals surface area contributed by atoms with Gasteiger partial charge in [0.25, 0.3) is 0 Å². The van der Waals surface area contributed by atoms with E-state index in [-0.39, 0.29) is 6.42 Å². The van der Waals surface area contributed by atoms with Crippen LogP contribution in [0.3, 0.4) is 0 Å². The highest BCUT2D eigenvalue weighted by molar-refractivity contribution is 5.70. The average molecular weight is 233 g/mol. The number of benzene rings is 1. The minimum absolute atomic E-state index is 0.105. The summed E-state index contributed by atoms with van der Waals surface area (Å²) in [6, 6.07) is 8.51. The first-order valence-electron chi connectivity index (χ1n) is 6.22. The number of carbonyl (C=O) groups is 1. The summed E-state index contributed by atoms with van der Waals surface area (Å²) in [6.45, 7) is 3.11. The van der Waals surface area contributed by atoms with E-state index in [1.165, 1.54) is 18.4 Å². The molecule has 2 unspecified atom stereocenters.